The largest absolute Gasteiger partial charge is 0.497 e. The molecule has 4 aromatic rings. The molecule has 1 saturated heterocycles. The third-order valence-corrected chi connectivity index (χ3v) is 8.93. The zero-order valence-corrected chi connectivity index (χ0v) is 23.5. The first-order valence-corrected chi connectivity index (χ1v) is 14.0. The van der Waals surface area contributed by atoms with E-state index in [1.807, 2.05) is 75.1 Å². The van der Waals surface area contributed by atoms with Gasteiger partial charge in [0, 0.05) is 24.1 Å². The van der Waals surface area contributed by atoms with E-state index in [2.05, 4.69) is 15.3 Å². The summed E-state index contributed by atoms with van der Waals surface area (Å²) >= 11 is 1.43. The number of aromatic nitrogens is 2. The Balaban J connectivity index is 1.27. The fourth-order valence-electron chi connectivity index (χ4n) is 5.05. The molecule has 0 atom stereocenters. The van der Waals surface area contributed by atoms with Crippen molar-refractivity contribution in [1.82, 2.24) is 9.97 Å². The average molecular weight is 556 g/mol. The van der Waals surface area contributed by atoms with Gasteiger partial charge in [0.1, 0.15) is 11.5 Å². The van der Waals surface area contributed by atoms with Gasteiger partial charge in [0.05, 0.1) is 21.4 Å². The van der Waals surface area contributed by atoms with Gasteiger partial charge in [-0.25, -0.2) is 14.8 Å². The lowest BCUT2D eigenvalue weighted by Crippen LogP contribution is -2.41. The Morgan fingerprint density at radius 3 is 2.48 bits per heavy atom. The van der Waals surface area contributed by atoms with Crippen LogP contribution in [0, 0.1) is 0 Å². The summed E-state index contributed by atoms with van der Waals surface area (Å²) in [7, 11) is -0.836. The number of fused-ring (bicyclic) bond motifs is 2. The van der Waals surface area contributed by atoms with Crippen molar-refractivity contribution in [2.75, 3.05) is 16.8 Å². The molecule has 2 aliphatic rings. The van der Waals surface area contributed by atoms with E-state index in [-0.39, 0.29) is 11.6 Å². The molecule has 40 heavy (non-hydrogen) atoms. The molecule has 0 spiro atoms. The Morgan fingerprint density at radius 1 is 1.00 bits per heavy atom. The van der Waals surface area contributed by atoms with E-state index in [4.69, 9.17) is 9.31 Å². The van der Waals surface area contributed by atoms with Gasteiger partial charge in [0.15, 0.2) is 5.13 Å². The standard InChI is InChI=1S/C29H29BN4O5S/c1-28(2)29(3,4)39-30(38-28)20-12-13-23(32-24(20)26(36)37)34-15-14-17-8-7-9-18(19(17)16-34)25(35)33-27-31-21-10-5-6-11-22(21)40-27/h5-13H,14-16H2,1-4H3,(H,36,37)(H,31,33,35). The number of aromatic carboxylic acids is 1. The predicted octanol–water partition coefficient (Wildman–Crippen LogP) is 4.50. The second kappa shape index (κ2) is 9.69. The number of hydrogen-bond acceptors (Lipinski definition) is 8. The lowest BCUT2D eigenvalue weighted by atomic mass is 9.77. The fraction of sp³-hybridized carbons (Fsp3) is 0.310. The molecule has 9 nitrogen and oxygen atoms in total. The number of rotatable bonds is 5. The molecule has 4 heterocycles. The van der Waals surface area contributed by atoms with Crippen molar-refractivity contribution in [3.63, 3.8) is 0 Å². The molecule has 11 heteroatoms. The number of pyridine rings is 1. The summed E-state index contributed by atoms with van der Waals surface area (Å²) in [6, 6.07) is 17.0. The molecule has 2 aromatic carbocycles. The number of carbonyl (C=O) groups is 2. The summed E-state index contributed by atoms with van der Waals surface area (Å²) in [6.07, 6.45) is 0.695. The fourth-order valence-corrected chi connectivity index (χ4v) is 5.91. The monoisotopic (exact) mass is 556 g/mol. The number of nitrogens with one attached hydrogen (secondary N) is 1. The topological polar surface area (TPSA) is 114 Å². The highest BCUT2D eigenvalue weighted by atomic mass is 32.1. The van der Waals surface area contributed by atoms with Crippen LogP contribution < -0.4 is 15.7 Å². The first-order valence-electron chi connectivity index (χ1n) is 13.1. The van der Waals surface area contributed by atoms with E-state index in [1.165, 1.54) is 11.3 Å². The first-order chi connectivity index (χ1) is 19.0. The number of para-hydroxylation sites is 1. The molecule has 1 amide bonds. The maximum Gasteiger partial charge on any atom is 0.497 e. The zero-order chi connectivity index (χ0) is 28.2. The van der Waals surface area contributed by atoms with E-state index >= 15 is 0 Å². The number of carboxylic acid groups (broad SMARTS) is 1. The van der Waals surface area contributed by atoms with E-state index in [0.717, 1.165) is 21.3 Å². The van der Waals surface area contributed by atoms with Crippen LogP contribution >= 0.6 is 11.3 Å². The molecule has 0 bridgehead atoms. The SMILES string of the molecule is CC1(C)OB(c2ccc(N3CCc4cccc(C(=O)Nc5nc6ccccc6s5)c4C3)nc2C(=O)O)OC1(C)C. The molecule has 0 saturated carbocycles. The van der Waals surface area contributed by atoms with Crippen LogP contribution in [0.2, 0.25) is 0 Å². The predicted molar refractivity (Wildman–Crippen MR) is 156 cm³/mol. The van der Waals surface area contributed by atoms with Gasteiger partial charge in [0.2, 0.25) is 0 Å². The van der Waals surface area contributed by atoms with Crippen LogP contribution in [-0.2, 0) is 22.3 Å². The third kappa shape index (κ3) is 4.63. The highest BCUT2D eigenvalue weighted by Crippen LogP contribution is 2.37. The minimum atomic E-state index is -1.15. The summed E-state index contributed by atoms with van der Waals surface area (Å²) in [5.74, 6) is -0.863. The number of amides is 1. The maximum absolute atomic E-state index is 13.4. The van der Waals surface area contributed by atoms with Crippen LogP contribution in [0.5, 0.6) is 0 Å². The molecule has 0 unspecified atom stereocenters. The summed E-state index contributed by atoms with van der Waals surface area (Å²) < 4.78 is 13.2. The minimum Gasteiger partial charge on any atom is -0.477 e. The van der Waals surface area contributed by atoms with E-state index < -0.39 is 24.3 Å². The van der Waals surface area contributed by atoms with Gasteiger partial charge in [-0.15, -0.1) is 0 Å². The normalized spacial score (nSPS) is 17.6. The van der Waals surface area contributed by atoms with Crippen molar-refractivity contribution in [3.05, 3.63) is 77.0 Å². The Labute approximate surface area is 236 Å². The van der Waals surface area contributed by atoms with Crippen LogP contribution in [-0.4, -0.2) is 51.8 Å². The number of hydrogen-bond donors (Lipinski definition) is 2. The van der Waals surface area contributed by atoms with Crippen LogP contribution in [0.1, 0.15) is 59.7 Å². The molecule has 2 N–H and O–H groups in total. The lowest BCUT2D eigenvalue weighted by molar-refractivity contribution is 0.00578. The van der Waals surface area contributed by atoms with Crippen LogP contribution in [0.15, 0.2) is 54.6 Å². The molecule has 204 valence electrons. The molecular formula is C29H29BN4O5S. The van der Waals surface area contributed by atoms with Gasteiger partial charge in [-0.2, -0.15) is 0 Å². The Kier molecular flexibility index (Phi) is 6.40. The summed E-state index contributed by atoms with van der Waals surface area (Å²) in [5.41, 5.74) is 2.44. The van der Waals surface area contributed by atoms with Crippen LogP contribution in [0.3, 0.4) is 0 Å². The highest BCUT2D eigenvalue weighted by Gasteiger charge is 2.52. The zero-order valence-electron chi connectivity index (χ0n) is 22.7. The molecule has 0 aliphatic carbocycles. The van der Waals surface area contributed by atoms with Crippen molar-refractivity contribution in [3.8, 4) is 0 Å². The van der Waals surface area contributed by atoms with Crippen molar-refractivity contribution < 1.29 is 24.0 Å². The molecular weight excluding hydrogens is 527 g/mol. The van der Waals surface area contributed by atoms with Crippen molar-refractivity contribution >= 4 is 57.0 Å². The Morgan fingerprint density at radius 2 is 1.75 bits per heavy atom. The Bertz CT molecular complexity index is 1600. The van der Waals surface area contributed by atoms with Gasteiger partial charge < -0.3 is 19.3 Å². The number of anilines is 2. The van der Waals surface area contributed by atoms with Gasteiger partial charge >= 0.3 is 13.1 Å². The number of thiazole rings is 1. The third-order valence-electron chi connectivity index (χ3n) is 7.98. The lowest BCUT2D eigenvalue weighted by Gasteiger charge is -2.32. The summed E-state index contributed by atoms with van der Waals surface area (Å²) in [4.78, 5) is 36.7. The van der Waals surface area contributed by atoms with Crippen LogP contribution in [0.25, 0.3) is 10.2 Å². The molecule has 6 rings (SSSR count). The maximum atomic E-state index is 13.4. The van der Waals surface area contributed by atoms with E-state index in [0.29, 0.717) is 41.5 Å². The molecule has 2 aromatic heterocycles. The highest BCUT2D eigenvalue weighted by molar-refractivity contribution is 7.22. The number of carboxylic acids is 1. The molecule has 0 radical (unpaired) electrons. The van der Waals surface area contributed by atoms with E-state index in [9.17, 15) is 14.7 Å². The number of carbonyl (C=O) groups excluding carboxylic acids is 1. The summed E-state index contributed by atoms with van der Waals surface area (Å²) in [5, 5.41) is 13.5. The van der Waals surface area contributed by atoms with Crippen molar-refractivity contribution in [2.45, 2.75) is 51.9 Å². The Hall–Kier alpha value is -3.80. The number of nitrogens with zero attached hydrogens (tertiary/aromatic N) is 3. The quantitative estimate of drug-likeness (QED) is 0.346. The first kappa shape index (κ1) is 26.4. The van der Waals surface area contributed by atoms with Gasteiger partial charge in [-0.1, -0.05) is 41.7 Å². The smallest absolute Gasteiger partial charge is 0.477 e. The minimum absolute atomic E-state index is 0.108. The van der Waals surface area contributed by atoms with Gasteiger partial charge in [-0.3, -0.25) is 10.1 Å². The van der Waals surface area contributed by atoms with Crippen molar-refractivity contribution in [1.29, 1.82) is 0 Å². The molecule has 2 aliphatic heterocycles. The summed E-state index contributed by atoms with van der Waals surface area (Å²) in [6.45, 7) is 8.74. The number of benzene rings is 2. The second-order valence-electron chi connectivity index (χ2n) is 11.1. The van der Waals surface area contributed by atoms with Gasteiger partial charge in [0.25, 0.3) is 5.91 Å². The van der Waals surface area contributed by atoms with Crippen molar-refractivity contribution in [2.24, 2.45) is 0 Å². The van der Waals surface area contributed by atoms with Gasteiger partial charge in [-0.05, 0) is 69.5 Å². The van der Waals surface area contributed by atoms with Crippen LogP contribution in [0.4, 0.5) is 10.9 Å². The average Bonchev–Trinajstić information content (AvgIpc) is 3.43. The second-order valence-corrected chi connectivity index (χ2v) is 12.1. The van der Waals surface area contributed by atoms with E-state index in [1.54, 1.807) is 12.1 Å². The molecule has 1 fully saturated rings.